The minimum Gasteiger partial charge on any atom is -0.424 e. The lowest BCUT2D eigenvalue weighted by Gasteiger charge is -2.34. The average Bonchev–Trinajstić information content (AvgIpc) is 3.50. The number of hydrogen-bond acceptors (Lipinski definition) is 7. The van der Waals surface area contributed by atoms with Crippen LogP contribution in [0.5, 0.6) is 11.8 Å². The summed E-state index contributed by atoms with van der Waals surface area (Å²) < 4.78 is 37.0. The van der Waals surface area contributed by atoms with Gasteiger partial charge >= 0.3 is 6.01 Å². The second-order valence-corrected chi connectivity index (χ2v) is 11.7. The fourth-order valence-corrected chi connectivity index (χ4v) is 6.18. The van der Waals surface area contributed by atoms with E-state index in [1.807, 2.05) is 29.7 Å². The SMILES string of the molecule is CCn1c(Oc2cccc(N3CCN(C)CC3)c2)nnc1C1(NS(=O)(=O)c2ccc(Cl)c(Cl)c2)CC1. The first-order valence-corrected chi connectivity index (χ1v) is 14.1. The van der Waals surface area contributed by atoms with Crippen LogP contribution in [0.3, 0.4) is 0 Å². The van der Waals surface area contributed by atoms with Crippen molar-refractivity contribution in [2.75, 3.05) is 38.1 Å². The Kier molecular flexibility index (Phi) is 6.90. The van der Waals surface area contributed by atoms with Crippen molar-refractivity contribution in [1.82, 2.24) is 24.4 Å². The molecule has 1 aliphatic heterocycles. The number of sulfonamides is 1. The molecule has 2 aromatic carbocycles. The second-order valence-electron chi connectivity index (χ2n) is 9.20. The van der Waals surface area contributed by atoms with E-state index in [1.54, 1.807) is 0 Å². The summed E-state index contributed by atoms with van der Waals surface area (Å²) in [6.07, 6.45) is 1.20. The summed E-state index contributed by atoms with van der Waals surface area (Å²) >= 11 is 12.0. The first-order valence-electron chi connectivity index (χ1n) is 11.8. The molecule has 0 unspecified atom stereocenters. The van der Waals surface area contributed by atoms with Gasteiger partial charge in [0.15, 0.2) is 5.82 Å². The van der Waals surface area contributed by atoms with E-state index in [2.05, 4.69) is 37.8 Å². The number of nitrogens with one attached hydrogen (secondary N) is 1. The molecule has 0 amide bonds. The van der Waals surface area contributed by atoms with Crippen molar-refractivity contribution in [1.29, 1.82) is 0 Å². The van der Waals surface area contributed by atoms with Gasteiger partial charge in [-0.05, 0) is 57.1 Å². The van der Waals surface area contributed by atoms with E-state index in [9.17, 15) is 8.42 Å². The van der Waals surface area contributed by atoms with E-state index in [1.165, 1.54) is 18.2 Å². The maximum Gasteiger partial charge on any atom is 0.322 e. The van der Waals surface area contributed by atoms with Gasteiger partial charge in [0.1, 0.15) is 5.75 Å². The molecule has 2 heterocycles. The van der Waals surface area contributed by atoms with Crippen LogP contribution < -0.4 is 14.4 Å². The topological polar surface area (TPSA) is 92.6 Å². The van der Waals surface area contributed by atoms with Crippen LogP contribution in [0, 0.1) is 0 Å². The van der Waals surface area contributed by atoms with Crippen molar-refractivity contribution in [3.8, 4) is 11.8 Å². The molecule has 1 N–H and O–H groups in total. The third-order valence-corrected chi connectivity index (χ3v) is 8.91. The minimum absolute atomic E-state index is 0.0444. The maximum absolute atomic E-state index is 13.1. The Hall–Kier alpha value is -2.37. The van der Waals surface area contributed by atoms with Gasteiger partial charge in [0, 0.05) is 44.5 Å². The van der Waals surface area contributed by atoms with Gasteiger partial charge in [-0.25, -0.2) is 8.42 Å². The molecule has 2 aliphatic rings. The van der Waals surface area contributed by atoms with E-state index in [4.69, 9.17) is 27.9 Å². The van der Waals surface area contributed by atoms with E-state index in [0.717, 1.165) is 31.9 Å². The molecule has 0 bridgehead atoms. The molecule has 192 valence electrons. The predicted molar refractivity (Wildman–Crippen MR) is 140 cm³/mol. The molecule has 5 rings (SSSR count). The second kappa shape index (κ2) is 9.83. The molecule has 2 fully saturated rings. The van der Waals surface area contributed by atoms with Crippen molar-refractivity contribution >= 4 is 38.9 Å². The fourth-order valence-electron chi connectivity index (χ4n) is 4.37. The number of likely N-dealkylation sites (N-methyl/N-ethyl adjacent to an activating group) is 1. The van der Waals surface area contributed by atoms with Crippen LogP contribution in [0.4, 0.5) is 5.69 Å². The molecule has 1 saturated carbocycles. The van der Waals surface area contributed by atoms with E-state index in [-0.39, 0.29) is 9.92 Å². The van der Waals surface area contributed by atoms with Gasteiger partial charge in [-0.1, -0.05) is 34.4 Å². The Labute approximate surface area is 221 Å². The third kappa shape index (κ3) is 5.05. The number of ether oxygens (including phenoxy) is 1. The number of rotatable bonds is 8. The Morgan fingerprint density at radius 3 is 2.44 bits per heavy atom. The summed E-state index contributed by atoms with van der Waals surface area (Å²) in [6.45, 7) is 6.40. The van der Waals surface area contributed by atoms with Crippen LogP contribution in [-0.2, 0) is 22.1 Å². The van der Waals surface area contributed by atoms with Crippen LogP contribution in [0.25, 0.3) is 0 Å². The van der Waals surface area contributed by atoms with Gasteiger partial charge in [-0.15, -0.1) is 5.10 Å². The maximum atomic E-state index is 13.1. The zero-order valence-electron chi connectivity index (χ0n) is 20.1. The van der Waals surface area contributed by atoms with Gasteiger partial charge < -0.3 is 14.5 Å². The Morgan fingerprint density at radius 1 is 1.03 bits per heavy atom. The molecule has 36 heavy (non-hydrogen) atoms. The molecule has 12 heteroatoms. The first-order chi connectivity index (χ1) is 17.2. The quantitative estimate of drug-likeness (QED) is 0.451. The Morgan fingerprint density at radius 2 is 1.78 bits per heavy atom. The molecule has 9 nitrogen and oxygen atoms in total. The van der Waals surface area contributed by atoms with Gasteiger partial charge in [-0.3, -0.25) is 4.57 Å². The summed E-state index contributed by atoms with van der Waals surface area (Å²) in [5, 5.41) is 9.08. The Bertz CT molecular complexity index is 1370. The normalized spacial score (nSPS) is 17.8. The van der Waals surface area contributed by atoms with Crippen LogP contribution >= 0.6 is 23.2 Å². The molecular weight excluding hydrogens is 523 g/mol. The highest BCUT2D eigenvalue weighted by molar-refractivity contribution is 7.89. The number of nitrogens with zero attached hydrogens (tertiary/aromatic N) is 5. The van der Waals surface area contributed by atoms with Gasteiger partial charge in [0.05, 0.1) is 20.5 Å². The van der Waals surface area contributed by atoms with Gasteiger partial charge in [-0.2, -0.15) is 4.72 Å². The number of halogens is 2. The number of benzene rings is 2. The van der Waals surface area contributed by atoms with E-state index >= 15 is 0 Å². The lowest BCUT2D eigenvalue weighted by molar-refractivity contribution is 0.312. The smallest absolute Gasteiger partial charge is 0.322 e. The lowest BCUT2D eigenvalue weighted by atomic mass is 10.2. The van der Waals surface area contributed by atoms with E-state index in [0.29, 0.717) is 42.0 Å². The Balaban J connectivity index is 1.37. The number of anilines is 1. The van der Waals surface area contributed by atoms with Crippen molar-refractivity contribution in [2.24, 2.45) is 0 Å². The van der Waals surface area contributed by atoms with Crippen molar-refractivity contribution < 1.29 is 13.2 Å². The molecule has 1 aliphatic carbocycles. The predicted octanol–water partition coefficient (Wildman–Crippen LogP) is 4.12. The van der Waals surface area contributed by atoms with Crippen LogP contribution in [-0.4, -0.2) is 61.3 Å². The first kappa shape index (κ1) is 25.3. The average molecular weight is 552 g/mol. The minimum atomic E-state index is -3.86. The highest BCUT2D eigenvalue weighted by Crippen LogP contribution is 2.47. The lowest BCUT2D eigenvalue weighted by Crippen LogP contribution is -2.44. The van der Waals surface area contributed by atoms with Gasteiger partial charge in [0.2, 0.25) is 10.0 Å². The number of hydrogen-bond donors (Lipinski definition) is 1. The molecular formula is C24H28Cl2N6O3S. The van der Waals surface area contributed by atoms with Crippen molar-refractivity contribution in [3.05, 3.63) is 58.3 Å². The fraction of sp³-hybridized carbons (Fsp3) is 0.417. The third-order valence-electron chi connectivity index (χ3n) is 6.64. The number of piperazine rings is 1. The summed E-state index contributed by atoms with van der Waals surface area (Å²) in [7, 11) is -1.74. The molecule has 1 aromatic heterocycles. The van der Waals surface area contributed by atoms with Crippen molar-refractivity contribution in [2.45, 2.75) is 36.7 Å². The van der Waals surface area contributed by atoms with Crippen molar-refractivity contribution in [3.63, 3.8) is 0 Å². The highest BCUT2D eigenvalue weighted by Gasteiger charge is 2.52. The summed E-state index contributed by atoms with van der Waals surface area (Å²) in [4.78, 5) is 4.69. The van der Waals surface area contributed by atoms with Crippen LogP contribution in [0.2, 0.25) is 10.0 Å². The van der Waals surface area contributed by atoms with E-state index < -0.39 is 15.6 Å². The summed E-state index contributed by atoms with van der Waals surface area (Å²) in [6, 6.07) is 12.5. The zero-order valence-corrected chi connectivity index (χ0v) is 22.4. The largest absolute Gasteiger partial charge is 0.424 e. The molecule has 3 aromatic rings. The molecule has 0 radical (unpaired) electrons. The molecule has 1 saturated heterocycles. The zero-order chi connectivity index (χ0) is 25.5. The molecule has 0 atom stereocenters. The standard InChI is InChI=1S/C24H28Cl2N6O3S/c1-3-32-22(24(9-10-24)29-36(33,34)19-7-8-20(25)21(26)16-19)27-28-23(32)35-18-6-4-5-17(15-18)31-13-11-30(2)12-14-31/h4-8,15-16,29H,3,9-14H2,1-2H3. The highest BCUT2D eigenvalue weighted by atomic mass is 35.5. The van der Waals surface area contributed by atoms with Gasteiger partial charge in [0.25, 0.3) is 0 Å². The molecule has 0 spiro atoms. The number of aromatic nitrogens is 3. The van der Waals surface area contributed by atoms with Crippen LogP contribution in [0.1, 0.15) is 25.6 Å². The van der Waals surface area contributed by atoms with Crippen LogP contribution in [0.15, 0.2) is 47.4 Å². The summed E-state index contributed by atoms with van der Waals surface area (Å²) in [5.74, 6) is 1.18. The summed E-state index contributed by atoms with van der Waals surface area (Å²) in [5.41, 5.74) is 0.244. The monoisotopic (exact) mass is 550 g/mol.